The molecular formula is C24H21ClN4O2. The number of hydrogen-bond donors (Lipinski definition) is 0. The van der Waals surface area contributed by atoms with Gasteiger partial charge in [0.1, 0.15) is 5.69 Å². The van der Waals surface area contributed by atoms with Crippen LogP contribution < -0.4 is 0 Å². The lowest BCUT2D eigenvalue weighted by Gasteiger charge is -2.30. The van der Waals surface area contributed by atoms with Crippen LogP contribution >= 0.6 is 11.6 Å². The average molecular weight is 433 g/mol. The first-order valence-electron chi connectivity index (χ1n) is 10.4. The highest BCUT2D eigenvalue weighted by molar-refractivity contribution is 6.31. The molecule has 2 aromatic heterocycles. The van der Waals surface area contributed by atoms with Gasteiger partial charge < -0.3 is 9.32 Å². The van der Waals surface area contributed by atoms with Crippen molar-refractivity contribution in [2.75, 3.05) is 13.1 Å². The fourth-order valence-electron chi connectivity index (χ4n) is 4.08. The summed E-state index contributed by atoms with van der Waals surface area (Å²) in [4.78, 5) is 19.0. The van der Waals surface area contributed by atoms with Crippen molar-refractivity contribution >= 4 is 28.3 Å². The number of pyridine rings is 1. The molecule has 6 nitrogen and oxygen atoms in total. The molecule has 7 heteroatoms. The minimum absolute atomic E-state index is 0.0951. The van der Waals surface area contributed by atoms with Crippen molar-refractivity contribution in [1.29, 1.82) is 0 Å². The van der Waals surface area contributed by atoms with Crippen molar-refractivity contribution in [2.24, 2.45) is 0 Å². The molecule has 0 unspecified atom stereocenters. The molecule has 1 fully saturated rings. The summed E-state index contributed by atoms with van der Waals surface area (Å²) in [5.74, 6) is 1.28. The Morgan fingerprint density at radius 2 is 1.81 bits per heavy atom. The summed E-state index contributed by atoms with van der Waals surface area (Å²) in [5.41, 5.74) is 1.56. The van der Waals surface area contributed by atoms with E-state index in [2.05, 4.69) is 15.2 Å². The van der Waals surface area contributed by atoms with Crippen LogP contribution in [-0.2, 0) is 11.2 Å². The number of piperidine rings is 1. The van der Waals surface area contributed by atoms with Crippen LogP contribution in [-0.4, -0.2) is 39.1 Å². The number of likely N-dealkylation sites (tertiary alicyclic amines) is 1. The first-order chi connectivity index (χ1) is 15.2. The molecule has 0 spiro atoms. The first kappa shape index (κ1) is 19.7. The van der Waals surface area contributed by atoms with E-state index in [1.807, 2.05) is 59.5 Å². The molecule has 0 atom stereocenters. The normalized spacial score (nSPS) is 14.8. The predicted octanol–water partition coefficient (Wildman–Crippen LogP) is 4.89. The zero-order chi connectivity index (χ0) is 21.2. The van der Waals surface area contributed by atoms with Crippen molar-refractivity contribution in [1.82, 2.24) is 20.1 Å². The van der Waals surface area contributed by atoms with Crippen LogP contribution in [0.5, 0.6) is 0 Å². The topological polar surface area (TPSA) is 72.1 Å². The molecule has 0 N–H and O–H groups in total. The van der Waals surface area contributed by atoms with Crippen molar-refractivity contribution < 1.29 is 9.21 Å². The molecule has 31 heavy (non-hydrogen) atoms. The predicted molar refractivity (Wildman–Crippen MR) is 119 cm³/mol. The number of amides is 1. The lowest BCUT2D eigenvalue weighted by molar-refractivity contribution is -0.131. The van der Waals surface area contributed by atoms with Crippen LogP contribution in [0.25, 0.3) is 22.4 Å². The van der Waals surface area contributed by atoms with E-state index in [-0.39, 0.29) is 11.8 Å². The molecule has 0 saturated carbocycles. The summed E-state index contributed by atoms with van der Waals surface area (Å²) in [7, 11) is 0. The molecule has 4 aromatic rings. The Labute approximate surface area is 184 Å². The van der Waals surface area contributed by atoms with E-state index in [9.17, 15) is 4.79 Å². The molecule has 1 aliphatic rings. The number of benzene rings is 2. The highest BCUT2D eigenvalue weighted by atomic mass is 35.5. The Hall–Kier alpha value is -3.25. The smallest absolute Gasteiger partial charge is 0.266 e. The SMILES string of the molecule is O=C(Cc1ccccc1Cl)N1CCC(c2nnc(-c3nccc4ccccc34)o2)CC1. The largest absolute Gasteiger partial charge is 0.419 e. The summed E-state index contributed by atoms with van der Waals surface area (Å²) in [5, 5.41) is 11.2. The van der Waals surface area contributed by atoms with Crippen LogP contribution in [0.15, 0.2) is 65.2 Å². The zero-order valence-corrected chi connectivity index (χ0v) is 17.6. The van der Waals surface area contributed by atoms with E-state index in [4.69, 9.17) is 16.0 Å². The number of halogens is 1. The maximum absolute atomic E-state index is 12.7. The van der Waals surface area contributed by atoms with Gasteiger partial charge in [0, 0.05) is 35.6 Å². The number of nitrogens with zero attached hydrogens (tertiary/aromatic N) is 4. The molecule has 2 aromatic carbocycles. The lowest BCUT2D eigenvalue weighted by atomic mass is 9.96. The Balaban J connectivity index is 1.26. The maximum atomic E-state index is 12.7. The Morgan fingerprint density at radius 1 is 1.03 bits per heavy atom. The van der Waals surface area contributed by atoms with Crippen LogP contribution in [0, 0.1) is 0 Å². The summed E-state index contributed by atoms with van der Waals surface area (Å²) in [6.07, 6.45) is 3.66. The third kappa shape index (κ3) is 4.03. The number of hydrogen-bond acceptors (Lipinski definition) is 5. The quantitative estimate of drug-likeness (QED) is 0.459. The minimum Gasteiger partial charge on any atom is -0.419 e. The van der Waals surface area contributed by atoms with Gasteiger partial charge in [-0.15, -0.1) is 10.2 Å². The van der Waals surface area contributed by atoms with Crippen LogP contribution in [0.4, 0.5) is 0 Å². The second-order valence-corrected chi connectivity index (χ2v) is 8.16. The van der Waals surface area contributed by atoms with Crippen molar-refractivity contribution in [3.8, 4) is 11.6 Å². The molecule has 1 saturated heterocycles. The van der Waals surface area contributed by atoms with Gasteiger partial charge >= 0.3 is 0 Å². The van der Waals surface area contributed by atoms with Gasteiger partial charge in [0.05, 0.1) is 6.42 Å². The van der Waals surface area contributed by atoms with Gasteiger partial charge in [-0.2, -0.15) is 0 Å². The number of aromatic nitrogens is 3. The van der Waals surface area contributed by atoms with Crippen LogP contribution in [0.3, 0.4) is 0 Å². The second-order valence-electron chi connectivity index (χ2n) is 7.75. The fourth-order valence-corrected chi connectivity index (χ4v) is 4.28. The van der Waals surface area contributed by atoms with Gasteiger partial charge in [0.2, 0.25) is 11.8 Å². The number of carbonyl (C=O) groups is 1. The van der Waals surface area contributed by atoms with Gasteiger partial charge in [-0.05, 0) is 35.9 Å². The van der Waals surface area contributed by atoms with E-state index in [1.165, 1.54) is 0 Å². The standard InChI is InChI=1S/C24H21ClN4O2/c25-20-8-4-2-6-18(20)15-21(30)29-13-10-17(11-14-29)23-27-28-24(31-23)22-19-7-3-1-5-16(19)9-12-26-22/h1-9,12,17H,10-11,13-15H2. The van der Waals surface area contributed by atoms with Gasteiger partial charge in [0.15, 0.2) is 0 Å². The van der Waals surface area contributed by atoms with Crippen molar-refractivity contribution in [3.05, 3.63) is 77.3 Å². The van der Waals surface area contributed by atoms with E-state index in [0.717, 1.165) is 29.2 Å². The number of fused-ring (bicyclic) bond motifs is 1. The minimum atomic E-state index is 0.0951. The van der Waals surface area contributed by atoms with Gasteiger partial charge in [-0.1, -0.05) is 54.1 Å². The maximum Gasteiger partial charge on any atom is 0.266 e. The monoisotopic (exact) mass is 432 g/mol. The molecule has 3 heterocycles. The molecule has 0 aliphatic carbocycles. The summed E-state index contributed by atoms with van der Waals surface area (Å²) in [6, 6.07) is 17.4. The van der Waals surface area contributed by atoms with E-state index in [0.29, 0.717) is 42.0 Å². The van der Waals surface area contributed by atoms with Crippen LogP contribution in [0.1, 0.15) is 30.2 Å². The van der Waals surface area contributed by atoms with E-state index in [1.54, 1.807) is 6.20 Å². The van der Waals surface area contributed by atoms with Gasteiger partial charge in [0.25, 0.3) is 5.89 Å². The highest BCUT2D eigenvalue weighted by Crippen LogP contribution is 2.31. The Morgan fingerprint density at radius 3 is 2.65 bits per heavy atom. The molecule has 156 valence electrons. The van der Waals surface area contributed by atoms with Crippen molar-refractivity contribution in [2.45, 2.75) is 25.2 Å². The number of carbonyl (C=O) groups excluding carboxylic acids is 1. The van der Waals surface area contributed by atoms with E-state index < -0.39 is 0 Å². The lowest BCUT2D eigenvalue weighted by Crippen LogP contribution is -2.38. The third-order valence-corrected chi connectivity index (χ3v) is 6.18. The van der Waals surface area contributed by atoms with Gasteiger partial charge in [-0.25, -0.2) is 0 Å². The van der Waals surface area contributed by atoms with Crippen molar-refractivity contribution in [3.63, 3.8) is 0 Å². The summed E-state index contributed by atoms with van der Waals surface area (Å²) in [6.45, 7) is 1.33. The Kier molecular flexibility index (Phi) is 5.38. The Bertz CT molecular complexity index is 1230. The molecule has 1 aliphatic heterocycles. The average Bonchev–Trinajstić information content (AvgIpc) is 3.30. The number of rotatable bonds is 4. The summed E-state index contributed by atoms with van der Waals surface area (Å²) < 4.78 is 6.02. The summed E-state index contributed by atoms with van der Waals surface area (Å²) >= 11 is 6.20. The molecule has 1 amide bonds. The second kappa shape index (κ2) is 8.47. The fraction of sp³-hybridized carbons (Fsp3) is 0.250. The molecule has 5 rings (SSSR count). The van der Waals surface area contributed by atoms with Crippen LogP contribution in [0.2, 0.25) is 5.02 Å². The molecule has 0 radical (unpaired) electrons. The first-order valence-corrected chi connectivity index (χ1v) is 10.8. The molecular weight excluding hydrogens is 412 g/mol. The highest BCUT2D eigenvalue weighted by Gasteiger charge is 2.28. The van der Waals surface area contributed by atoms with Gasteiger partial charge in [-0.3, -0.25) is 9.78 Å². The zero-order valence-electron chi connectivity index (χ0n) is 16.9. The third-order valence-electron chi connectivity index (χ3n) is 5.81. The molecule has 0 bridgehead atoms. The van der Waals surface area contributed by atoms with E-state index >= 15 is 0 Å².